The maximum Gasteiger partial charge on any atom is 0.0618 e. The molecule has 0 aliphatic heterocycles. The summed E-state index contributed by atoms with van der Waals surface area (Å²) < 4.78 is 0. The van der Waals surface area contributed by atoms with Crippen molar-refractivity contribution in [3.8, 4) is 22.3 Å². The zero-order valence-corrected chi connectivity index (χ0v) is 30.1. The molecule has 2 heteroatoms. The average molecular weight is 693 g/mol. The molecule has 2 nitrogen and oxygen atoms in total. The summed E-state index contributed by atoms with van der Waals surface area (Å²) in [5, 5.41) is 2.41. The van der Waals surface area contributed by atoms with E-state index in [0.29, 0.717) is 0 Å². The van der Waals surface area contributed by atoms with Gasteiger partial charge in [-0.05, 0) is 107 Å². The van der Waals surface area contributed by atoms with Gasteiger partial charge >= 0.3 is 0 Å². The molecule has 0 bridgehead atoms. The lowest BCUT2D eigenvalue weighted by Crippen LogP contribution is -2.12. The second-order valence-corrected chi connectivity index (χ2v) is 13.7. The molecule has 0 unspecified atom stereocenters. The molecule has 258 valence electrons. The lowest BCUT2D eigenvalue weighted by molar-refractivity contribution is 1.05. The van der Waals surface area contributed by atoms with Crippen LogP contribution in [0.5, 0.6) is 0 Å². The van der Waals surface area contributed by atoms with E-state index in [4.69, 9.17) is 0 Å². The van der Waals surface area contributed by atoms with Crippen LogP contribution in [0.2, 0.25) is 0 Å². The number of nitrogens with zero attached hydrogens (tertiary/aromatic N) is 2. The van der Waals surface area contributed by atoms with E-state index < -0.39 is 0 Å². The summed E-state index contributed by atoms with van der Waals surface area (Å²) in [7, 11) is 0. The molecule has 0 saturated heterocycles. The molecule has 8 aromatic rings. The first kappa shape index (κ1) is 33.0. The van der Waals surface area contributed by atoms with Crippen LogP contribution in [-0.2, 0) is 0 Å². The molecule has 1 aliphatic carbocycles. The Hall–Kier alpha value is -6.90. The molecule has 54 heavy (non-hydrogen) atoms. The topological polar surface area (TPSA) is 6.48 Å². The summed E-state index contributed by atoms with van der Waals surface area (Å²) in [6.45, 7) is 0. The number of rotatable bonds is 9. The fourth-order valence-electron chi connectivity index (χ4n) is 7.63. The zero-order valence-electron chi connectivity index (χ0n) is 30.1. The monoisotopic (exact) mass is 692 g/mol. The van der Waals surface area contributed by atoms with Gasteiger partial charge in [0.25, 0.3) is 0 Å². The van der Waals surface area contributed by atoms with Crippen molar-refractivity contribution in [2.24, 2.45) is 0 Å². The van der Waals surface area contributed by atoms with E-state index in [1.54, 1.807) is 0 Å². The van der Waals surface area contributed by atoms with Gasteiger partial charge in [0.2, 0.25) is 0 Å². The highest BCUT2D eigenvalue weighted by molar-refractivity contribution is 6.06. The third-order valence-corrected chi connectivity index (χ3v) is 10.3. The van der Waals surface area contributed by atoms with Gasteiger partial charge in [-0.25, -0.2) is 0 Å². The number of para-hydroxylation sites is 2. The summed E-state index contributed by atoms with van der Waals surface area (Å²) >= 11 is 0. The fraction of sp³-hybridized carbons (Fsp3) is 0.0385. The molecule has 0 amide bonds. The van der Waals surface area contributed by atoms with Crippen molar-refractivity contribution in [1.82, 2.24) is 0 Å². The normalized spacial score (nSPS) is 12.3. The Morgan fingerprint density at radius 2 is 0.833 bits per heavy atom. The molecule has 0 heterocycles. The Kier molecular flexibility index (Phi) is 9.15. The van der Waals surface area contributed by atoms with Crippen LogP contribution in [0.25, 0.3) is 38.6 Å². The minimum Gasteiger partial charge on any atom is -0.311 e. The molecule has 0 saturated carbocycles. The van der Waals surface area contributed by atoms with E-state index in [-0.39, 0.29) is 0 Å². The minimum absolute atomic E-state index is 1.07. The summed E-state index contributed by atoms with van der Waals surface area (Å²) in [6.07, 6.45) is 8.83. The quantitative estimate of drug-likeness (QED) is 0.149. The van der Waals surface area contributed by atoms with Gasteiger partial charge in [0.1, 0.15) is 0 Å². The van der Waals surface area contributed by atoms with E-state index in [0.717, 1.165) is 52.5 Å². The summed E-state index contributed by atoms with van der Waals surface area (Å²) in [5.41, 5.74) is 14.1. The van der Waals surface area contributed by atoms with Crippen LogP contribution in [0.3, 0.4) is 0 Å². The first-order chi connectivity index (χ1) is 26.8. The fourth-order valence-corrected chi connectivity index (χ4v) is 7.63. The van der Waals surface area contributed by atoms with Crippen molar-refractivity contribution in [3.63, 3.8) is 0 Å². The van der Waals surface area contributed by atoms with E-state index in [1.165, 1.54) is 38.6 Å². The molecule has 9 rings (SSSR count). The second-order valence-electron chi connectivity index (χ2n) is 13.7. The van der Waals surface area contributed by atoms with Crippen molar-refractivity contribution in [2.45, 2.75) is 12.8 Å². The van der Waals surface area contributed by atoms with Crippen LogP contribution in [0, 0.1) is 0 Å². The number of fused-ring (bicyclic) bond motifs is 1. The number of allylic oxidation sites excluding steroid dienone is 4. The Bertz CT molecular complexity index is 2510. The zero-order chi connectivity index (χ0) is 36.1. The van der Waals surface area contributed by atoms with Gasteiger partial charge in [-0.3, -0.25) is 0 Å². The van der Waals surface area contributed by atoms with Crippen LogP contribution in [0.4, 0.5) is 34.1 Å². The Labute approximate surface area is 318 Å². The molecule has 0 radical (unpaired) electrons. The predicted octanol–water partition coefficient (Wildman–Crippen LogP) is 14.8. The minimum atomic E-state index is 1.07. The Balaban J connectivity index is 1.15. The predicted molar refractivity (Wildman–Crippen MR) is 231 cm³/mol. The molecular formula is C52H40N2. The van der Waals surface area contributed by atoms with E-state index in [2.05, 4.69) is 228 Å². The molecular weight excluding hydrogens is 653 g/mol. The van der Waals surface area contributed by atoms with Gasteiger partial charge in [0.15, 0.2) is 0 Å². The summed E-state index contributed by atoms with van der Waals surface area (Å²) in [5.74, 6) is 0. The third kappa shape index (κ3) is 6.62. The highest BCUT2D eigenvalue weighted by atomic mass is 15.1. The average Bonchev–Trinajstić information content (AvgIpc) is 3.26. The van der Waals surface area contributed by atoms with Crippen molar-refractivity contribution >= 4 is 50.5 Å². The summed E-state index contributed by atoms with van der Waals surface area (Å²) in [4.78, 5) is 4.75. The van der Waals surface area contributed by atoms with Crippen molar-refractivity contribution < 1.29 is 0 Å². The third-order valence-electron chi connectivity index (χ3n) is 10.3. The van der Waals surface area contributed by atoms with Gasteiger partial charge in [0, 0.05) is 39.4 Å². The van der Waals surface area contributed by atoms with Crippen LogP contribution in [0.1, 0.15) is 18.4 Å². The second kappa shape index (κ2) is 15.0. The van der Waals surface area contributed by atoms with Crippen LogP contribution < -0.4 is 9.80 Å². The smallest absolute Gasteiger partial charge is 0.0618 e. The maximum atomic E-state index is 2.39. The first-order valence-electron chi connectivity index (χ1n) is 18.7. The van der Waals surface area contributed by atoms with Crippen LogP contribution in [0.15, 0.2) is 218 Å². The Morgan fingerprint density at radius 1 is 0.352 bits per heavy atom. The lowest BCUT2D eigenvalue weighted by atomic mass is 9.96. The first-order valence-corrected chi connectivity index (χ1v) is 18.7. The van der Waals surface area contributed by atoms with Crippen LogP contribution >= 0.6 is 0 Å². The van der Waals surface area contributed by atoms with Gasteiger partial charge < -0.3 is 9.80 Å². The van der Waals surface area contributed by atoms with Crippen molar-refractivity contribution in [2.75, 3.05) is 9.80 Å². The molecule has 0 spiro atoms. The van der Waals surface area contributed by atoms with Gasteiger partial charge in [-0.15, -0.1) is 0 Å². The van der Waals surface area contributed by atoms with Gasteiger partial charge in [-0.1, -0.05) is 158 Å². The molecule has 0 atom stereocenters. The molecule has 1 aliphatic rings. The van der Waals surface area contributed by atoms with Crippen LogP contribution in [-0.4, -0.2) is 0 Å². The van der Waals surface area contributed by atoms with Gasteiger partial charge in [-0.2, -0.15) is 0 Å². The largest absolute Gasteiger partial charge is 0.311 e. The SMILES string of the molecule is C1=CCCC(c2ccc(N(c3ccc(-c4ccccc4)cc3)c3ccc(-c4ccc5ccccc5c4N(c4ccccc4)c4ccccc4)cc3)cc2)=C1. The highest BCUT2D eigenvalue weighted by Crippen LogP contribution is 2.46. The number of hydrogen-bond acceptors (Lipinski definition) is 2. The standard InChI is InChI=1S/C52H40N2/c1-5-15-39(16-6-1)41-25-32-47(33-26-41)53(48-34-27-42(28-35-48)40-17-7-2-8-18-40)49-36-29-44(30-37-49)51-38-31-43-19-13-14-24-50(43)52(51)54(45-20-9-3-10-21-45)46-22-11-4-12-23-46/h1-7,9-17,19-38H,8,18H2. The summed E-state index contributed by atoms with van der Waals surface area (Å²) in [6, 6.07) is 72.2. The van der Waals surface area contributed by atoms with E-state index >= 15 is 0 Å². The van der Waals surface area contributed by atoms with Crippen molar-refractivity contribution in [1.29, 1.82) is 0 Å². The van der Waals surface area contributed by atoms with Crippen molar-refractivity contribution in [3.05, 3.63) is 224 Å². The number of benzene rings is 8. The molecule has 8 aromatic carbocycles. The lowest BCUT2D eigenvalue weighted by Gasteiger charge is -2.30. The molecule has 0 N–H and O–H groups in total. The highest BCUT2D eigenvalue weighted by Gasteiger charge is 2.21. The molecule has 0 aromatic heterocycles. The van der Waals surface area contributed by atoms with E-state index in [9.17, 15) is 0 Å². The number of anilines is 6. The van der Waals surface area contributed by atoms with Gasteiger partial charge in [0.05, 0.1) is 5.69 Å². The number of hydrogen-bond donors (Lipinski definition) is 0. The van der Waals surface area contributed by atoms with E-state index in [1.807, 2.05) is 0 Å². The maximum absolute atomic E-state index is 2.39. The Morgan fingerprint density at radius 3 is 1.41 bits per heavy atom. The molecule has 0 fully saturated rings.